The summed E-state index contributed by atoms with van der Waals surface area (Å²) in [6.07, 6.45) is 3.46. The van der Waals surface area contributed by atoms with Crippen molar-refractivity contribution in [3.63, 3.8) is 0 Å². The predicted molar refractivity (Wildman–Crippen MR) is 59.7 cm³/mol. The average Bonchev–Trinajstić information content (AvgIpc) is 2.59. The van der Waals surface area contributed by atoms with Crippen LogP contribution in [0.2, 0.25) is 4.34 Å². The van der Waals surface area contributed by atoms with Crippen molar-refractivity contribution in [1.29, 1.82) is 0 Å². The van der Waals surface area contributed by atoms with Gasteiger partial charge in [0.1, 0.15) is 9.34 Å². The van der Waals surface area contributed by atoms with E-state index in [9.17, 15) is 0 Å². The Morgan fingerprint density at radius 3 is 3.00 bits per heavy atom. The summed E-state index contributed by atoms with van der Waals surface area (Å²) in [5.41, 5.74) is 0. The highest BCUT2D eigenvalue weighted by Crippen LogP contribution is 2.18. The fourth-order valence-electron chi connectivity index (χ4n) is 1.21. The van der Waals surface area contributed by atoms with Gasteiger partial charge >= 0.3 is 0 Å². The molecule has 1 atom stereocenters. The molecule has 14 heavy (non-hydrogen) atoms. The Labute approximate surface area is 93.1 Å². The van der Waals surface area contributed by atoms with Crippen LogP contribution in [0.1, 0.15) is 24.8 Å². The first-order valence-electron chi connectivity index (χ1n) is 4.70. The van der Waals surface area contributed by atoms with Gasteiger partial charge in [-0.3, -0.25) is 0 Å². The molecule has 0 aliphatic heterocycles. The molecule has 80 valence electrons. The van der Waals surface area contributed by atoms with Crippen LogP contribution in [0.4, 0.5) is 0 Å². The van der Waals surface area contributed by atoms with Crippen LogP contribution >= 0.6 is 22.9 Å². The maximum atomic E-state index is 8.79. The van der Waals surface area contributed by atoms with Crippen molar-refractivity contribution >= 4 is 22.9 Å². The summed E-state index contributed by atoms with van der Waals surface area (Å²) in [4.78, 5) is 4.14. The highest BCUT2D eigenvalue weighted by molar-refractivity contribution is 7.15. The molecule has 3 nitrogen and oxygen atoms in total. The van der Waals surface area contributed by atoms with Crippen molar-refractivity contribution in [3.05, 3.63) is 15.5 Å². The van der Waals surface area contributed by atoms with Crippen LogP contribution < -0.4 is 5.32 Å². The summed E-state index contributed by atoms with van der Waals surface area (Å²) >= 11 is 7.25. The zero-order valence-electron chi connectivity index (χ0n) is 8.16. The summed E-state index contributed by atoms with van der Waals surface area (Å²) < 4.78 is 0.719. The fourth-order valence-corrected chi connectivity index (χ4v) is 2.12. The largest absolute Gasteiger partial charge is 0.396 e. The highest BCUT2D eigenvalue weighted by atomic mass is 35.5. The SMILES string of the molecule is CCC(CCO)NCc1ncc(Cl)s1. The van der Waals surface area contributed by atoms with E-state index >= 15 is 0 Å². The number of aliphatic hydroxyl groups is 1. The van der Waals surface area contributed by atoms with Gasteiger partial charge in [-0.2, -0.15) is 0 Å². The molecule has 0 bridgehead atoms. The van der Waals surface area contributed by atoms with Crippen molar-refractivity contribution in [2.45, 2.75) is 32.4 Å². The standard InChI is InChI=1S/C9H15ClN2OS/c1-2-7(3-4-13)11-6-9-12-5-8(10)14-9/h5,7,11,13H,2-4,6H2,1H3. The van der Waals surface area contributed by atoms with Crippen LogP contribution in [0, 0.1) is 0 Å². The van der Waals surface area contributed by atoms with E-state index < -0.39 is 0 Å². The van der Waals surface area contributed by atoms with E-state index in [1.54, 1.807) is 6.20 Å². The molecule has 1 unspecified atom stereocenters. The van der Waals surface area contributed by atoms with Crippen LogP contribution in [0.15, 0.2) is 6.20 Å². The maximum Gasteiger partial charge on any atom is 0.113 e. The van der Waals surface area contributed by atoms with Gasteiger partial charge in [-0.1, -0.05) is 18.5 Å². The van der Waals surface area contributed by atoms with E-state index in [1.165, 1.54) is 11.3 Å². The Morgan fingerprint density at radius 2 is 2.50 bits per heavy atom. The lowest BCUT2D eigenvalue weighted by Crippen LogP contribution is -2.28. The number of nitrogens with one attached hydrogen (secondary N) is 1. The second kappa shape index (κ2) is 6.35. The molecule has 1 rings (SSSR count). The zero-order valence-corrected chi connectivity index (χ0v) is 9.74. The highest BCUT2D eigenvalue weighted by Gasteiger charge is 2.06. The number of hydrogen-bond acceptors (Lipinski definition) is 4. The predicted octanol–water partition coefficient (Wildman–Crippen LogP) is 2.05. The van der Waals surface area contributed by atoms with Gasteiger partial charge in [0.05, 0.1) is 6.20 Å². The smallest absolute Gasteiger partial charge is 0.113 e. The van der Waals surface area contributed by atoms with E-state index in [0.717, 1.165) is 28.7 Å². The Hall–Kier alpha value is -0.160. The molecule has 0 aliphatic carbocycles. The molecule has 0 saturated heterocycles. The van der Waals surface area contributed by atoms with Crippen LogP contribution in [-0.4, -0.2) is 22.7 Å². The topological polar surface area (TPSA) is 45.1 Å². The van der Waals surface area contributed by atoms with E-state index in [1.807, 2.05) is 0 Å². The van der Waals surface area contributed by atoms with Crippen LogP contribution in [-0.2, 0) is 6.54 Å². The number of halogens is 1. The quantitative estimate of drug-likeness (QED) is 0.792. The second-order valence-electron chi connectivity index (χ2n) is 3.06. The first kappa shape index (κ1) is 11.9. The van der Waals surface area contributed by atoms with Crippen molar-refractivity contribution in [3.8, 4) is 0 Å². The van der Waals surface area contributed by atoms with E-state index in [4.69, 9.17) is 16.7 Å². The normalized spacial score (nSPS) is 13.1. The maximum absolute atomic E-state index is 8.79. The summed E-state index contributed by atoms with van der Waals surface area (Å²) in [7, 11) is 0. The summed E-state index contributed by atoms with van der Waals surface area (Å²) in [5, 5.41) is 13.1. The molecule has 0 amide bonds. The Kier molecular flexibility index (Phi) is 5.40. The zero-order chi connectivity index (χ0) is 10.4. The van der Waals surface area contributed by atoms with Gasteiger partial charge in [0.2, 0.25) is 0 Å². The minimum atomic E-state index is 0.226. The van der Waals surface area contributed by atoms with E-state index in [0.29, 0.717) is 6.04 Å². The van der Waals surface area contributed by atoms with Gasteiger partial charge in [-0.05, 0) is 12.8 Å². The molecule has 0 aromatic carbocycles. The number of nitrogens with zero attached hydrogens (tertiary/aromatic N) is 1. The number of aliphatic hydroxyl groups excluding tert-OH is 1. The molecule has 0 radical (unpaired) electrons. The number of aromatic nitrogens is 1. The van der Waals surface area contributed by atoms with E-state index in [2.05, 4.69) is 17.2 Å². The van der Waals surface area contributed by atoms with Gasteiger partial charge in [-0.25, -0.2) is 4.98 Å². The summed E-state index contributed by atoms with van der Waals surface area (Å²) in [5.74, 6) is 0. The monoisotopic (exact) mass is 234 g/mol. The van der Waals surface area contributed by atoms with Gasteiger partial charge in [0.25, 0.3) is 0 Å². The van der Waals surface area contributed by atoms with Crippen LogP contribution in [0.5, 0.6) is 0 Å². The molecule has 0 aliphatic rings. The number of rotatable bonds is 6. The lowest BCUT2D eigenvalue weighted by Gasteiger charge is -2.14. The van der Waals surface area contributed by atoms with E-state index in [-0.39, 0.29) is 6.61 Å². The Balaban J connectivity index is 2.31. The minimum Gasteiger partial charge on any atom is -0.396 e. The van der Waals surface area contributed by atoms with Gasteiger partial charge in [0.15, 0.2) is 0 Å². The third-order valence-electron chi connectivity index (χ3n) is 2.04. The molecule has 0 spiro atoms. The van der Waals surface area contributed by atoms with Crippen molar-refractivity contribution in [2.75, 3.05) is 6.61 Å². The molecule has 1 heterocycles. The Bertz CT molecular complexity index is 267. The molecule has 1 aromatic rings. The lowest BCUT2D eigenvalue weighted by atomic mass is 10.1. The van der Waals surface area contributed by atoms with Gasteiger partial charge < -0.3 is 10.4 Å². The molecule has 2 N–H and O–H groups in total. The number of thiazole rings is 1. The molecular formula is C9H15ClN2OS. The first-order valence-corrected chi connectivity index (χ1v) is 5.90. The molecule has 5 heteroatoms. The van der Waals surface area contributed by atoms with Crippen molar-refractivity contribution in [1.82, 2.24) is 10.3 Å². The number of hydrogen-bond donors (Lipinski definition) is 2. The summed E-state index contributed by atoms with van der Waals surface area (Å²) in [6, 6.07) is 0.364. The fraction of sp³-hybridized carbons (Fsp3) is 0.667. The van der Waals surface area contributed by atoms with Crippen molar-refractivity contribution in [2.24, 2.45) is 0 Å². The van der Waals surface area contributed by atoms with Gasteiger partial charge in [-0.15, -0.1) is 11.3 Å². The van der Waals surface area contributed by atoms with Crippen LogP contribution in [0.25, 0.3) is 0 Å². The lowest BCUT2D eigenvalue weighted by molar-refractivity contribution is 0.262. The first-order chi connectivity index (χ1) is 6.76. The van der Waals surface area contributed by atoms with Crippen LogP contribution in [0.3, 0.4) is 0 Å². The third kappa shape index (κ3) is 3.92. The Morgan fingerprint density at radius 1 is 1.71 bits per heavy atom. The second-order valence-corrected chi connectivity index (χ2v) is 4.80. The molecular weight excluding hydrogens is 220 g/mol. The minimum absolute atomic E-state index is 0.226. The van der Waals surface area contributed by atoms with Gasteiger partial charge in [0, 0.05) is 19.2 Å². The molecule has 0 saturated carbocycles. The van der Waals surface area contributed by atoms with Crippen molar-refractivity contribution < 1.29 is 5.11 Å². The third-order valence-corrected chi connectivity index (χ3v) is 3.15. The summed E-state index contributed by atoms with van der Waals surface area (Å²) in [6.45, 7) is 3.06. The molecule has 0 fully saturated rings. The average molecular weight is 235 g/mol. The molecule has 1 aromatic heterocycles.